The van der Waals surface area contributed by atoms with Gasteiger partial charge in [-0.15, -0.1) is 0 Å². The molecule has 34 valence electrons. The summed E-state index contributed by atoms with van der Waals surface area (Å²) in [5, 5.41) is 0. The molecular formula is C3H6Cl2Sn+2. The van der Waals surface area contributed by atoms with Crippen LogP contribution in [0, 0.1) is 0 Å². The summed E-state index contributed by atoms with van der Waals surface area (Å²) in [7, 11) is 0. The van der Waals surface area contributed by atoms with Crippen molar-refractivity contribution in [1.29, 1.82) is 0 Å². The standard InChI is InChI=1S/C2H5.CHCl2.Sn/c1-2;2-1-3;/h1H2,2H3;1H;/q;;+2. The minimum absolute atomic E-state index is 0.0126. The van der Waals surface area contributed by atoms with Crippen LogP contribution in [0.15, 0.2) is 0 Å². The van der Waals surface area contributed by atoms with Gasteiger partial charge in [0.05, 0.1) is 0 Å². The maximum atomic E-state index is 5.42. The van der Waals surface area contributed by atoms with Crippen molar-refractivity contribution in [3.63, 3.8) is 0 Å². The molecule has 0 amide bonds. The number of alkyl halides is 2. The molecule has 0 aliphatic rings. The number of hydrogen-bond acceptors (Lipinski definition) is 0. The third-order valence-corrected chi connectivity index (χ3v) is 4.47. The molecular weight excluding hydrogens is 226 g/mol. The van der Waals surface area contributed by atoms with Gasteiger partial charge in [0.25, 0.3) is 0 Å². The third-order valence-electron chi connectivity index (χ3n) is 0.358. The van der Waals surface area contributed by atoms with Crippen LogP contribution in [0.2, 0.25) is 4.44 Å². The van der Waals surface area contributed by atoms with Crippen molar-refractivity contribution in [3.8, 4) is 0 Å². The normalized spacial score (nSPS) is 8.67. The van der Waals surface area contributed by atoms with Crippen molar-refractivity contribution < 1.29 is 0 Å². The van der Waals surface area contributed by atoms with Crippen molar-refractivity contribution in [3.05, 3.63) is 0 Å². The Balaban J connectivity index is 2.63. The van der Waals surface area contributed by atoms with E-state index in [4.69, 9.17) is 23.2 Å². The van der Waals surface area contributed by atoms with Crippen molar-refractivity contribution >= 4 is 44.3 Å². The van der Waals surface area contributed by atoms with Gasteiger partial charge >= 0.3 is 58.6 Å². The summed E-state index contributed by atoms with van der Waals surface area (Å²) in [4.78, 5) is 0. The van der Waals surface area contributed by atoms with E-state index in [0.29, 0.717) is 0 Å². The van der Waals surface area contributed by atoms with E-state index in [1.807, 2.05) is 0 Å². The molecule has 0 rings (SSSR count). The molecule has 0 aromatic carbocycles. The van der Waals surface area contributed by atoms with Crippen LogP contribution in [0.25, 0.3) is 0 Å². The van der Waals surface area contributed by atoms with Crippen LogP contribution in [-0.2, 0) is 0 Å². The van der Waals surface area contributed by atoms with Crippen LogP contribution >= 0.6 is 23.2 Å². The molecule has 0 heterocycles. The fourth-order valence-corrected chi connectivity index (χ4v) is 3.11. The van der Waals surface area contributed by atoms with E-state index in [1.165, 1.54) is 4.44 Å². The first-order valence-electron chi connectivity index (χ1n) is 1.79. The molecule has 3 heteroatoms. The first kappa shape index (κ1) is 7.38. The maximum absolute atomic E-state index is 5.42. The van der Waals surface area contributed by atoms with E-state index < -0.39 is 0 Å². The Hall–Kier alpha value is 1.38. The number of hydrogen-bond donors (Lipinski definition) is 0. The summed E-state index contributed by atoms with van der Waals surface area (Å²) in [5.41, 5.74) is 0. The molecule has 0 saturated carbocycles. The summed E-state index contributed by atoms with van der Waals surface area (Å²) < 4.78 is 1.25. The quantitative estimate of drug-likeness (QED) is 0.503. The summed E-state index contributed by atoms with van der Waals surface area (Å²) in [6.45, 7) is 2.13. The molecule has 0 atom stereocenters. The average molecular weight is 232 g/mol. The van der Waals surface area contributed by atoms with Gasteiger partial charge in [-0.05, 0) is 0 Å². The predicted octanol–water partition coefficient (Wildman–Crippen LogP) is 1.89. The Labute approximate surface area is 58.4 Å². The Bertz CT molecular complexity index is 30.0. The molecule has 0 radical (unpaired) electrons. The van der Waals surface area contributed by atoms with Gasteiger partial charge in [0, 0.05) is 0 Å². The van der Waals surface area contributed by atoms with Crippen LogP contribution in [0.1, 0.15) is 6.92 Å². The van der Waals surface area contributed by atoms with Crippen LogP contribution in [0.4, 0.5) is 0 Å². The average Bonchev–Trinajstić information content (AvgIpc) is 1.35. The van der Waals surface area contributed by atoms with Gasteiger partial charge in [-0.3, -0.25) is 0 Å². The first-order valence-corrected chi connectivity index (χ1v) is 6.32. The molecule has 0 nitrogen and oxygen atoms in total. The fourth-order valence-electron chi connectivity index (χ4n) is 0.154. The van der Waals surface area contributed by atoms with Crippen LogP contribution in [0.3, 0.4) is 0 Å². The number of halogens is 2. The van der Waals surface area contributed by atoms with Gasteiger partial charge in [0.2, 0.25) is 0 Å². The van der Waals surface area contributed by atoms with Crippen molar-refractivity contribution in [2.45, 2.75) is 14.2 Å². The Morgan fingerprint density at radius 2 is 2.17 bits per heavy atom. The molecule has 0 aromatic rings. The van der Waals surface area contributed by atoms with Gasteiger partial charge < -0.3 is 0 Å². The van der Waals surface area contributed by atoms with Gasteiger partial charge in [-0.25, -0.2) is 0 Å². The third kappa shape index (κ3) is 5.38. The van der Waals surface area contributed by atoms with Gasteiger partial charge in [-0.2, -0.15) is 0 Å². The summed E-state index contributed by atoms with van der Waals surface area (Å²) >= 11 is 10.5. The Morgan fingerprint density at radius 3 is 2.17 bits per heavy atom. The molecule has 0 unspecified atom stereocenters. The SMILES string of the molecule is C[CH2][Sn+2][CH](Cl)Cl. The van der Waals surface area contributed by atoms with Crippen molar-refractivity contribution in [2.75, 3.05) is 0 Å². The Morgan fingerprint density at radius 1 is 1.67 bits per heavy atom. The number of rotatable bonds is 2. The topological polar surface area (TPSA) is 0 Å². The second kappa shape index (κ2) is 4.54. The molecule has 6 heavy (non-hydrogen) atoms. The van der Waals surface area contributed by atoms with Crippen LogP contribution < -0.4 is 0 Å². The van der Waals surface area contributed by atoms with Crippen molar-refractivity contribution in [2.24, 2.45) is 0 Å². The zero-order valence-corrected chi connectivity index (χ0v) is 7.91. The molecule has 0 bridgehead atoms. The van der Waals surface area contributed by atoms with E-state index in [1.54, 1.807) is 0 Å². The van der Waals surface area contributed by atoms with Gasteiger partial charge in [0.15, 0.2) is 0 Å². The Kier molecular flexibility index (Phi) is 5.58. The molecule has 0 saturated heterocycles. The zero-order chi connectivity index (χ0) is 4.99. The summed E-state index contributed by atoms with van der Waals surface area (Å²) in [6.07, 6.45) is 0. The van der Waals surface area contributed by atoms with E-state index in [2.05, 4.69) is 6.92 Å². The van der Waals surface area contributed by atoms with Crippen LogP contribution in [-0.4, -0.2) is 24.0 Å². The molecule has 0 aromatic heterocycles. The van der Waals surface area contributed by atoms with Crippen molar-refractivity contribution in [1.82, 2.24) is 0 Å². The van der Waals surface area contributed by atoms with E-state index in [-0.39, 0.29) is 24.0 Å². The predicted molar refractivity (Wildman–Crippen MR) is 31.7 cm³/mol. The molecule has 0 spiro atoms. The second-order valence-electron chi connectivity index (χ2n) is 0.858. The second-order valence-corrected chi connectivity index (χ2v) is 8.87. The van der Waals surface area contributed by atoms with Gasteiger partial charge in [0.1, 0.15) is 0 Å². The van der Waals surface area contributed by atoms with Gasteiger partial charge in [-0.1, -0.05) is 0 Å². The molecule has 0 aliphatic carbocycles. The fraction of sp³-hybridized carbons (Fsp3) is 1.00. The monoisotopic (exact) mass is 232 g/mol. The summed E-state index contributed by atoms with van der Waals surface area (Å²) in [6, 6.07) is 0. The van der Waals surface area contributed by atoms with E-state index in [0.717, 1.165) is 0 Å². The van der Waals surface area contributed by atoms with E-state index in [9.17, 15) is 0 Å². The summed E-state index contributed by atoms with van der Waals surface area (Å²) in [5.74, 6) is 0. The molecule has 0 aliphatic heterocycles. The van der Waals surface area contributed by atoms with Crippen LogP contribution in [0.5, 0.6) is 0 Å². The first-order chi connectivity index (χ1) is 2.77. The molecule has 0 N–H and O–H groups in total. The molecule has 0 fully saturated rings. The minimum atomic E-state index is -0.341. The van der Waals surface area contributed by atoms with E-state index >= 15 is 0 Å². The zero-order valence-electron chi connectivity index (χ0n) is 3.54.